The molecule has 1 saturated heterocycles. The number of rotatable bonds is 4. The monoisotopic (exact) mass is 396 g/mol. The zero-order chi connectivity index (χ0) is 19.6. The first-order valence-electron chi connectivity index (χ1n) is 9.18. The van der Waals surface area contributed by atoms with Gasteiger partial charge in [0.25, 0.3) is 0 Å². The Morgan fingerprint density at radius 2 is 1.56 bits per heavy atom. The molecule has 146 valence electrons. The van der Waals surface area contributed by atoms with E-state index >= 15 is 0 Å². The Kier molecular flexibility index (Phi) is 6.14. The summed E-state index contributed by atoms with van der Waals surface area (Å²) in [6.45, 7) is 7.35. The van der Waals surface area contributed by atoms with Crippen molar-refractivity contribution in [3.05, 3.63) is 69.7 Å². The summed E-state index contributed by atoms with van der Waals surface area (Å²) in [5.41, 5.74) is 2.00. The van der Waals surface area contributed by atoms with Crippen LogP contribution in [0.15, 0.2) is 42.5 Å². The maximum Gasteiger partial charge on any atom is 0.416 e. The van der Waals surface area contributed by atoms with Gasteiger partial charge >= 0.3 is 6.18 Å². The van der Waals surface area contributed by atoms with Gasteiger partial charge in [-0.3, -0.25) is 4.90 Å². The third-order valence-electron chi connectivity index (χ3n) is 5.05. The topological polar surface area (TPSA) is 15.3 Å². The Bertz CT molecular complexity index is 766. The summed E-state index contributed by atoms with van der Waals surface area (Å²) in [6, 6.07) is 11.4. The van der Waals surface area contributed by atoms with Gasteiger partial charge in [0.05, 0.1) is 11.6 Å². The van der Waals surface area contributed by atoms with Gasteiger partial charge in [0.2, 0.25) is 0 Å². The largest absolute Gasteiger partial charge is 0.416 e. The highest BCUT2D eigenvalue weighted by Gasteiger charge is 2.33. The van der Waals surface area contributed by atoms with Crippen molar-refractivity contribution in [2.24, 2.45) is 0 Å². The Labute approximate surface area is 163 Å². The molecule has 2 aromatic rings. The van der Waals surface area contributed by atoms with Gasteiger partial charge < -0.3 is 5.32 Å². The first-order chi connectivity index (χ1) is 12.8. The third kappa shape index (κ3) is 4.65. The molecular formula is C21H24ClF3N2. The number of nitrogens with zero attached hydrogens (tertiary/aromatic N) is 1. The number of nitrogens with one attached hydrogen (secondary N) is 1. The van der Waals surface area contributed by atoms with Crippen molar-refractivity contribution in [3.63, 3.8) is 0 Å². The van der Waals surface area contributed by atoms with Gasteiger partial charge in [-0.2, -0.15) is 13.2 Å². The van der Waals surface area contributed by atoms with E-state index < -0.39 is 11.7 Å². The standard InChI is InChI=1S/C21H24ClF3N2/c1-14(2)15-3-5-16(6-4-15)20(27-11-9-26-10-12-27)18-13-17(21(23,24)25)7-8-19(18)22/h3-8,13-14,20,26H,9-12H2,1-2H3. The zero-order valence-electron chi connectivity index (χ0n) is 15.5. The summed E-state index contributed by atoms with van der Waals surface area (Å²) in [6.07, 6.45) is -4.39. The second kappa shape index (κ2) is 8.21. The quantitative estimate of drug-likeness (QED) is 0.736. The summed E-state index contributed by atoms with van der Waals surface area (Å²) >= 11 is 6.38. The van der Waals surface area contributed by atoms with Crippen molar-refractivity contribution in [2.75, 3.05) is 26.2 Å². The molecule has 3 rings (SSSR count). The van der Waals surface area contributed by atoms with E-state index in [4.69, 9.17) is 11.6 Å². The fourth-order valence-corrected chi connectivity index (χ4v) is 3.74. The fourth-order valence-electron chi connectivity index (χ4n) is 3.52. The van der Waals surface area contributed by atoms with Crippen LogP contribution in [0.4, 0.5) is 13.2 Å². The first-order valence-corrected chi connectivity index (χ1v) is 9.56. The van der Waals surface area contributed by atoms with Crippen LogP contribution in [0.3, 0.4) is 0 Å². The maximum atomic E-state index is 13.3. The molecule has 27 heavy (non-hydrogen) atoms. The van der Waals surface area contributed by atoms with Crippen LogP contribution >= 0.6 is 11.6 Å². The van der Waals surface area contributed by atoms with E-state index in [1.165, 1.54) is 17.7 Å². The lowest BCUT2D eigenvalue weighted by Crippen LogP contribution is -2.45. The highest BCUT2D eigenvalue weighted by molar-refractivity contribution is 6.31. The molecule has 2 aromatic carbocycles. The van der Waals surface area contributed by atoms with Gasteiger partial charge in [-0.15, -0.1) is 0 Å². The molecule has 1 fully saturated rings. The molecule has 0 bridgehead atoms. The number of alkyl halides is 3. The Morgan fingerprint density at radius 1 is 0.963 bits per heavy atom. The summed E-state index contributed by atoms with van der Waals surface area (Å²) in [4.78, 5) is 2.20. The van der Waals surface area contributed by atoms with Crippen LogP contribution in [0.5, 0.6) is 0 Å². The molecule has 0 radical (unpaired) electrons. The summed E-state index contributed by atoms with van der Waals surface area (Å²) in [5.74, 6) is 0.397. The normalized spacial score (nSPS) is 17.3. The molecule has 0 saturated carbocycles. The molecule has 0 spiro atoms. The molecule has 1 aliphatic heterocycles. The summed E-state index contributed by atoms with van der Waals surface area (Å²) in [7, 11) is 0. The number of benzene rings is 2. The molecule has 0 aromatic heterocycles. The molecule has 1 atom stereocenters. The van der Waals surface area contributed by atoms with E-state index in [1.54, 1.807) is 0 Å². The van der Waals surface area contributed by atoms with Gasteiger partial charge in [0.1, 0.15) is 0 Å². The van der Waals surface area contributed by atoms with Crippen molar-refractivity contribution in [3.8, 4) is 0 Å². The first kappa shape index (κ1) is 20.2. The average Bonchev–Trinajstić information content (AvgIpc) is 2.64. The van der Waals surface area contributed by atoms with Crippen LogP contribution in [0, 0.1) is 0 Å². The molecule has 1 aliphatic rings. The SMILES string of the molecule is CC(C)c1ccc(C(c2cc(C(F)(F)F)ccc2Cl)N2CCNCC2)cc1. The van der Waals surface area contributed by atoms with Gasteiger partial charge in [-0.1, -0.05) is 49.7 Å². The minimum atomic E-state index is -4.39. The van der Waals surface area contributed by atoms with Crippen molar-refractivity contribution in [1.82, 2.24) is 10.2 Å². The van der Waals surface area contributed by atoms with Gasteiger partial charge in [-0.25, -0.2) is 0 Å². The molecule has 2 nitrogen and oxygen atoms in total. The minimum Gasteiger partial charge on any atom is -0.314 e. The van der Waals surface area contributed by atoms with Gasteiger partial charge in [0.15, 0.2) is 0 Å². The van der Waals surface area contributed by atoms with Crippen LogP contribution < -0.4 is 5.32 Å². The van der Waals surface area contributed by atoms with Crippen LogP contribution in [0.1, 0.15) is 48.1 Å². The lowest BCUT2D eigenvalue weighted by molar-refractivity contribution is -0.137. The van der Waals surface area contributed by atoms with E-state index in [2.05, 4.69) is 36.2 Å². The van der Waals surface area contributed by atoms with E-state index in [0.717, 1.165) is 37.8 Å². The second-order valence-corrected chi connectivity index (χ2v) is 7.65. The number of piperazine rings is 1. The number of hydrogen-bond donors (Lipinski definition) is 1. The lowest BCUT2D eigenvalue weighted by atomic mass is 9.92. The highest BCUT2D eigenvalue weighted by Crippen LogP contribution is 2.38. The lowest BCUT2D eigenvalue weighted by Gasteiger charge is -2.36. The fraction of sp³-hybridized carbons (Fsp3) is 0.429. The third-order valence-corrected chi connectivity index (χ3v) is 5.40. The highest BCUT2D eigenvalue weighted by atomic mass is 35.5. The number of halogens is 4. The van der Waals surface area contributed by atoms with Crippen molar-refractivity contribution < 1.29 is 13.2 Å². The van der Waals surface area contributed by atoms with E-state index in [0.29, 0.717) is 16.5 Å². The summed E-state index contributed by atoms with van der Waals surface area (Å²) in [5, 5.41) is 3.65. The zero-order valence-corrected chi connectivity index (χ0v) is 16.2. The predicted octanol–water partition coefficient (Wildman–Crippen LogP) is 5.48. The maximum absolute atomic E-state index is 13.3. The van der Waals surface area contributed by atoms with Crippen molar-refractivity contribution in [2.45, 2.75) is 32.0 Å². The average molecular weight is 397 g/mol. The molecular weight excluding hydrogens is 373 g/mol. The number of hydrogen-bond acceptors (Lipinski definition) is 2. The van der Waals surface area contributed by atoms with E-state index in [-0.39, 0.29) is 6.04 Å². The molecule has 0 aliphatic carbocycles. The predicted molar refractivity (Wildman–Crippen MR) is 103 cm³/mol. The summed E-state index contributed by atoms with van der Waals surface area (Å²) < 4.78 is 39.8. The van der Waals surface area contributed by atoms with Crippen LogP contribution in [-0.4, -0.2) is 31.1 Å². The van der Waals surface area contributed by atoms with Crippen molar-refractivity contribution >= 4 is 11.6 Å². The molecule has 0 amide bonds. The Hall–Kier alpha value is -1.56. The van der Waals surface area contributed by atoms with E-state index in [9.17, 15) is 13.2 Å². The smallest absolute Gasteiger partial charge is 0.314 e. The molecule has 1 heterocycles. The van der Waals surface area contributed by atoms with E-state index in [1.807, 2.05) is 12.1 Å². The minimum absolute atomic E-state index is 0.303. The van der Waals surface area contributed by atoms with Crippen LogP contribution in [0.25, 0.3) is 0 Å². The molecule has 6 heteroatoms. The Morgan fingerprint density at radius 3 is 2.11 bits per heavy atom. The van der Waals surface area contributed by atoms with Gasteiger partial charge in [-0.05, 0) is 40.8 Å². The molecule has 1 N–H and O–H groups in total. The van der Waals surface area contributed by atoms with Crippen LogP contribution in [-0.2, 0) is 6.18 Å². The molecule has 1 unspecified atom stereocenters. The van der Waals surface area contributed by atoms with Gasteiger partial charge in [0, 0.05) is 31.2 Å². The second-order valence-electron chi connectivity index (χ2n) is 7.24. The van der Waals surface area contributed by atoms with Crippen LogP contribution in [0.2, 0.25) is 5.02 Å². The van der Waals surface area contributed by atoms with Crippen molar-refractivity contribution in [1.29, 1.82) is 0 Å². The Balaban J connectivity index is 2.07.